The van der Waals surface area contributed by atoms with Crippen molar-refractivity contribution in [2.45, 2.75) is 134 Å². The van der Waals surface area contributed by atoms with E-state index in [1.807, 2.05) is 0 Å². The van der Waals surface area contributed by atoms with Gasteiger partial charge in [-0.3, -0.25) is 0 Å². The van der Waals surface area contributed by atoms with Crippen LogP contribution in [0.1, 0.15) is 133 Å². The summed E-state index contributed by atoms with van der Waals surface area (Å²) in [4.78, 5) is 8.49. The number of aryl methyl sites for hydroxylation is 1. The molecule has 0 spiro atoms. The van der Waals surface area contributed by atoms with Crippen LogP contribution in [0.5, 0.6) is 0 Å². The summed E-state index contributed by atoms with van der Waals surface area (Å²) in [6.07, 6.45) is 6.79. The number of hydrogen-bond donors (Lipinski definition) is 0. The molecule has 0 radical (unpaired) electrons. The summed E-state index contributed by atoms with van der Waals surface area (Å²) in [6, 6.07) is 69.3. The first kappa shape index (κ1) is 44.9. The van der Waals surface area contributed by atoms with E-state index in [1.165, 1.54) is 119 Å². The fraction of sp³-hybridized carbons (Fsp3) is 0.304. The molecule has 4 unspecified atom stereocenters. The van der Waals surface area contributed by atoms with Gasteiger partial charge in [0, 0.05) is 50.5 Å². The number of anilines is 7. The monoisotopic (exact) mass is 950 g/mol. The Morgan fingerprint density at radius 1 is 0.479 bits per heavy atom. The zero-order valence-electron chi connectivity index (χ0n) is 44.4. The van der Waals surface area contributed by atoms with Crippen molar-refractivity contribution in [1.82, 2.24) is 0 Å². The molecular weight excluding hydrogens is 882 g/mol. The lowest BCUT2D eigenvalue weighted by molar-refractivity contribution is 0.215. The van der Waals surface area contributed by atoms with Crippen LogP contribution >= 0.6 is 0 Å². The van der Waals surface area contributed by atoms with Gasteiger partial charge in [-0.25, -0.2) is 0 Å². The van der Waals surface area contributed by atoms with Gasteiger partial charge in [0.2, 0.25) is 0 Å². The molecule has 3 nitrogen and oxygen atoms in total. The zero-order valence-corrected chi connectivity index (χ0v) is 44.4. The molecule has 0 amide bonds. The van der Waals surface area contributed by atoms with E-state index in [9.17, 15) is 0 Å². The lowest BCUT2D eigenvalue weighted by atomic mass is 9.33. The third-order valence-electron chi connectivity index (χ3n) is 19.7. The number of fused-ring (bicyclic) bond motifs is 12. The molecule has 14 rings (SSSR count). The molecular formula is C69H68BN3. The SMILES string of the molecule is CC(C)(C)c1ccc(N2c3cc(C(C)(C)C)ccc3B3c4cccc5c4N(c4cc(N6c7ccccc7C7(c8ccccc8)CCCCC67C)cc2c43)C2(C)c3ccccc3CCC52C)c(-c2ccccc2)c1. The molecule has 4 heteroatoms. The first-order chi connectivity index (χ1) is 35.1. The number of nitrogens with zero attached hydrogens (tertiary/aromatic N) is 3. The van der Waals surface area contributed by atoms with Crippen molar-refractivity contribution in [3.63, 3.8) is 0 Å². The van der Waals surface area contributed by atoms with E-state index in [-0.39, 0.29) is 39.5 Å². The third kappa shape index (κ3) is 5.79. The molecule has 1 fully saturated rings. The van der Waals surface area contributed by atoms with Gasteiger partial charge in [0.15, 0.2) is 0 Å². The molecule has 4 atom stereocenters. The average Bonchev–Trinajstić information content (AvgIpc) is 3.78. The molecule has 362 valence electrons. The molecule has 4 aliphatic heterocycles. The zero-order chi connectivity index (χ0) is 50.0. The van der Waals surface area contributed by atoms with Crippen molar-refractivity contribution in [3.05, 3.63) is 215 Å². The molecule has 2 aliphatic carbocycles. The van der Waals surface area contributed by atoms with Crippen LogP contribution in [0.25, 0.3) is 11.1 Å². The summed E-state index contributed by atoms with van der Waals surface area (Å²) in [5.41, 5.74) is 24.9. The fourth-order valence-electron chi connectivity index (χ4n) is 15.9. The van der Waals surface area contributed by atoms with E-state index in [0.717, 1.165) is 25.7 Å². The van der Waals surface area contributed by atoms with Crippen LogP contribution in [0.3, 0.4) is 0 Å². The van der Waals surface area contributed by atoms with Gasteiger partial charge in [-0.05, 0) is 148 Å². The maximum atomic E-state index is 2.90. The van der Waals surface area contributed by atoms with Crippen molar-refractivity contribution in [2.75, 3.05) is 14.7 Å². The Morgan fingerprint density at radius 3 is 1.89 bits per heavy atom. The lowest BCUT2D eigenvalue weighted by Gasteiger charge is -2.54. The number of benzene rings is 8. The Balaban J connectivity index is 1.14. The van der Waals surface area contributed by atoms with Gasteiger partial charge in [0.1, 0.15) is 0 Å². The van der Waals surface area contributed by atoms with Crippen molar-refractivity contribution >= 4 is 62.9 Å². The van der Waals surface area contributed by atoms with Crippen LogP contribution in [0.2, 0.25) is 0 Å². The van der Waals surface area contributed by atoms with E-state index < -0.39 is 0 Å². The van der Waals surface area contributed by atoms with Gasteiger partial charge >= 0.3 is 0 Å². The summed E-state index contributed by atoms with van der Waals surface area (Å²) >= 11 is 0. The van der Waals surface area contributed by atoms with Crippen LogP contribution in [-0.4, -0.2) is 12.3 Å². The van der Waals surface area contributed by atoms with Gasteiger partial charge in [0.05, 0.1) is 16.8 Å². The van der Waals surface area contributed by atoms with Crippen molar-refractivity contribution in [3.8, 4) is 11.1 Å². The Labute approximate surface area is 435 Å². The molecule has 1 saturated carbocycles. The molecule has 4 heterocycles. The Bertz CT molecular complexity index is 3580. The van der Waals surface area contributed by atoms with Crippen molar-refractivity contribution in [2.24, 2.45) is 0 Å². The Morgan fingerprint density at radius 2 is 1.12 bits per heavy atom. The second-order valence-corrected chi connectivity index (χ2v) is 25.3. The second kappa shape index (κ2) is 15.2. The highest BCUT2D eigenvalue weighted by Crippen LogP contribution is 2.67. The molecule has 0 N–H and O–H groups in total. The smallest absolute Gasteiger partial charge is 0.252 e. The maximum absolute atomic E-state index is 2.90. The lowest BCUT2D eigenvalue weighted by Crippen LogP contribution is -2.64. The minimum Gasteiger partial charge on any atom is -0.334 e. The molecule has 73 heavy (non-hydrogen) atoms. The normalized spacial score (nSPS) is 24.0. The Hall–Kier alpha value is -6.78. The predicted molar refractivity (Wildman–Crippen MR) is 309 cm³/mol. The van der Waals surface area contributed by atoms with E-state index in [2.05, 4.69) is 253 Å². The third-order valence-corrected chi connectivity index (χ3v) is 19.7. The predicted octanol–water partition coefficient (Wildman–Crippen LogP) is 15.6. The quantitative estimate of drug-likeness (QED) is 0.163. The maximum Gasteiger partial charge on any atom is 0.252 e. The van der Waals surface area contributed by atoms with Gasteiger partial charge in [-0.15, -0.1) is 0 Å². The molecule has 6 aliphatic rings. The molecule has 0 aromatic heterocycles. The highest BCUT2D eigenvalue weighted by molar-refractivity contribution is 7.00. The number of rotatable bonds is 4. The van der Waals surface area contributed by atoms with Gasteiger partial charge in [0.25, 0.3) is 6.71 Å². The first-order valence-electron chi connectivity index (χ1n) is 27.4. The van der Waals surface area contributed by atoms with E-state index in [1.54, 1.807) is 0 Å². The van der Waals surface area contributed by atoms with Crippen LogP contribution in [-0.2, 0) is 33.6 Å². The second-order valence-electron chi connectivity index (χ2n) is 25.3. The number of para-hydroxylation sites is 2. The summed E-state index contributed by atoms with van der Waals surface area (Å²) in [6.45, 7) is 22.0. The topological polar surface area (TPSA) is 9.72 Å². The molecule has 0 saturated heterocycles. The van der Waals surface area contributed by atoms with Crippen LogP contribution in [0.4, 0.5) is 39.8 Å². The number of hydrogen-bond acceptors (Lipinski definition) is 3. The van der Waals surface area contributed by atoms with Crippen LogP contribution in [0.15, 0.2) is 176 Å². The summed E-state index contributed by atoms with van der Waals surface area (Å²) in [5, 5.41) is 0. The van der Waals surface area contributed by atoms with E-state index >= 15 is 0 Å². The molecule has 0 bridgehead atoms. The standard InChI is InChI=1S/C69H68BN3/c1-64(2,3)48-34-36-57(51(41-48)45-23-12-10-13-24-45)71-59-42-49(65(4,5)6)33-35-55(59)70-56-31-22-30-54-63(56)73(68(9)52-28-17-16-25-46(52)37-40-66(54,68)7)61-44-50(43-60(71)62(61)70)72-58-32-19-18-29-53(58)69(47-26-14-11-15-27-47)39-21-20-38-67(69,72)8/h10-19,22-36,41-44H,20-21,37-40H2,1-9H3. The summed E-state index contributed by atoms with van der Waals surface area (Å²) < 4.78 is 0. The minimum absolute atomic E-state index is 0.0293. The first-order valence-corrected chi connectivity index (χ1v) is 27.4. The van der Waals surface area contributed by atoms with Crippen molar-refractivity contribution in [1.29, 1.82) is 0 Å². The van der Waals surface area contributed by atoms with Gasteiger partial charge in [-0.2, -0.15) is 0 Å². The van der Waals surface area contributed by atoms with Crippen LogP contribution < -0.4 is 31.1 Å². The largest absolute Gasteiger partial charge is 0.334 e. The summed E-state index contributed by atoms with van der Waals surface area (Å²) in [5.74, 6) is 0. The fourth-order valence-corrected chi connectivity index (χ4v) is 15.9. The summed E-state index contributed by atoms with van der Waals surface area (Å²) in [7, 11) is 0. The van der Waals surface area contributed by atoms with Gasteiger partial charge in [-0.1, -0.05) is 201 Å². The minimum atomic E-state index is -0.353. The van der Waals surface area contributed by atoms with E-state index in [4.69, 9.17) is 0 Å². The highest BCUT2D eigenvalue weighted by atomic mass is 15.3. The average molecular weight is 950 g/mol. The van der Waals surface area contributed by atoms with Crippen LogP contribution in [0, 0.1) is 0 Å². The van der Waals surface area contributed by atoms with Crippen molar-refractivity contribution < 1.29 is 0 Å². The van der Waals surface area contributed by atoms with E-state index in [0.29, 0.717) is 0 Å². The molecule has 8 aromatic carbocycles. The highest BCUT2D eigenvalue weighted by Gasteiger charge is 2.65. The Kier molecular flexibility index (Phi) is 9.32. The molecule has 8 aromatic rings. The van der Waals surface area contributed by atoms with Gasteiger partial charge < -0.3 is 14.7 Å².